The number of imide groups is 2. The van der Waals surface area contributed by atoms with Gasteiger partial charge in [0.2, 0.25) is 5.75 Å². The molecule has 0 bridgehead atoms. The molecule has 1 aromatic rings. The van der Waals surface area contributed by atoms with Gasteiger partial charge in [0, 0.05) is 6.04 Å². The Bertz CT molecular complexity index is 785. The van der Waals surface area contributed by atoms with E-state index in [9.17, 15) is 19.5 Å². The summed E-state index contributed by atoms with van der Waals surface area (Å²) in [7, 11) is 2.76. The summed E-state index contributed by atoms with van der Waals surface area (Å²) in [5.74, 6) is -1.25. The summed E-state index contributed by atoms with van der Waals surface area (Å²) in [6, 6.07) is 2.08. The van der Waals surface area contributed by atoms with Crippen LogP contribution in [0.1, 0.15) is 37.7 Å². The van der Waals surface area contributed by atoms with E-state index in [1.165, 1.54) is 32.4 Å². The fraction of sp³-hybridized carbons (Fsp3) is 0.421. The maximum Gasteiger partial charge on any atom is 0.331 e. The molecule has 4 amide bonds. The number of rotatable bonds is 4. The Morgan fingerprint density at radius 2 is 1.67 bits per heavy atom. The molecule has 2 aliphatic rings. The van der Waals surface area contributed by atoms with Crippen molar-refractivity contribution in [3.63, 3.8) is 0 Å². The van der Waals surface area contributed by atoms with Crippen molar-refractivity contribution in [1.82, 2.24) is 10.2 Å². The highest BCUT2D eigenvalue weighted by Gasteiger charge is 2.40. The smallest absolute Gasteiger partial charge is 0.331 e. The van der Waals surface area contributed by atoms with E-state index >= 15 is 0 Å². The van der Waals surface area contributed by atoms with Crippen LogP contribution in [0.2, 0.25) is 0 Å². The predicted octanol–water partition coefficient (Wildman–Crippen LogP) is 2.20. The number of ether oxygens (including phenoxy) is 2. The first-order valence-corrected chi connectivity index (χ1v) is 8.81. The van der Waals surface area contributed by atoms with E-state index in [4.69, 9.17) is 9.47 Å². The fourth-order valence-corrected chi connectivity index (χ4v) is 3.51. The number of carbonyl (C=O) groups excluding carboxylic acids is 3. The van der Waals surface area contributed by atoms with Crippen molar-refractivity contribution in [2.45, 2.75) is 38.1 Å². The van der Waals surface area contributed by atoms with Gasteiger partial charge in [-0.2, -0.15) is 0 Å². The van der Waals surface area contributed by atoms with Crippen LogP contribution in [-0.4, -0.2) is 48.1 Å². The molecule has 8 heteroatoms. The number of urea groups is 1. The zero-order chi connectivity index (χ0) is 19.6. The van der Waals surface area contributed by atoms with E-state index in [2.05, 4.69) is 5.32 Å². The molecule has 0 unspecified atom stereocenters. The summed E-state index contributed by atoms with van der Waals surface area (Å²) >= 11 is 0. The molecule has 8 nitrogen and oxygen atoms in total. The van der Waals surface area contributed by atoms with Crippen LogP contribution in [0.5, 0.6) is 17.2 Å². The molecule has 144 valence electrons. The van der Waals surface area contributed by atoms with Crippen molar-refractivity contribution in [2.24, 2.45) is 0 Å². The van der Waals surface area contributed by atoms with Gasteiger partial charge in [-0.05, 0) is 36.6 Å². The van der Waals surface area contributed by atoms with Gasteiger partial charge in [0.1, 0.15) is 5.57 Å². The lowest BCUT2D eigenvalue weighted by molar-refractivity contribution is -0.132. The molecule has 0 spiro atoms. The molecule has 27 heavy (non-hydrogen) atoms. The van der Waals surface area contributed by atoms with Crippen molar-refractivity contribution in [3.05, 3.63) is 23.3 Å². The highest BCUT2D eigenvalue weighted by atomic mass is 16.5. The third-order valence-electron chi connectivity index (χ3n) is 4.89. The quantitative estimate of drug-likeness (QED) is 0.618. The van der Waals surface area contributed by atoms with Crippen LogP contribution < -0.4 is 14.8 Å². The van der Waals surface area contributed by atoms with Crippen molar-refractivity contribution in [2.75, 3.05) is 14.2 Å². The molecule has 1 aliphatic carbocycles. The minimum atomic E-state index is -0.747. The highest BCUT2D eigenvalue weighted by molar-refractivity contribution is 6.31. The Balaban J connectivity index is 1.98. The van der Waals surface area contributed by atoms with Gasteiger partial charge >= 0.3 is 6.03 Å². The second-order valence-corrected chi connectivity index (χ2v) is 6.56. The van der Waals surface area contributed by atoms with Gasteiger partial charge in [-0.1, -0.05) is 19.3 Å². The molecule has 1 saturated carbocycles. The molecule has 0 atom stereocenters. The number of nitrogens with one attached hydrogen (secondary N) is 1. The lowest BCUT2D eigenvalue weighted by Gasteiger charge is -2.35. The maximum atomic E-state index is 12.9. The summed E-state index contributed by atoms with van der Waals surface area (Å²) in [4.78, 5) is 38.5. The standard InChI is InChI=1S/C19H22N2O6/c1-26-14-9-11(10-15(27-2)16(14)22)8-13-17(23)20-19(25)21(18(13)24)12-6-4-3-5-7-12/h8-10,12,22H,3-7H2,1-2H3,(H,20,23,25)/b13-8+. The molecule has 1 saturated heterocycles. The van der Waals surface area contributed by atoms with Crippen molar-refractivity contribution < 1.29 is 29.0 Å². The summed E-state index contributed by atoms with van der Waals surface area (Å²) in [6.07, 6.45) is 5.81. The van der Waals surface area contributed by atoms with Gasteiger partial charge in [0.15, 0.2) is 11.5 Å². The predicted molar refractivity (Wildman–Crippen MR) is 96.4 cm³/mol. The molecular weight excluding hydrogens is 352 g/mol. The number of nitrogens with zero attached hydrogens (tertiary/aromatic N) is 1. The largest absolute Gasteiger partial charge is 0.502 e. The van der Waals surface area contributed by atoms with E-state index in [0.717, 1.165) is 37.0 Å². The molecule has 0 aromatic heterocycles. The number of phenolic OH excluding ortho intramolecular Hbond substituents is 1. The SMILES string of the molecule is COc1cc(/C=C2\C(=O)NC(=O)N(C3CCCCC3)C2=O)cc(OC)c1O. The average Bonchev–Trinajstić information content (AvgIpc) is 2.66. The van der Waals surface area contributed by atoms with E-state index in [1.54, 1.807) is 0 Å². The summed E-state index contributed by atoms with van der Waals surface area (Å²) < 4.78 is 10.2. The van der Waals surface area contributed by atoms with Crippen LogP contribution in [0.25, 0.3) is 6.08 Å². The minimum absolute atomic E-state index is 0.144. The maximum absolute atomic E-state index is 12.9. The summed E-state index contributed by atoms with van der Waals surface area (Å²) in [6.45, 7) is 0. The fourth-order valence-electron chi connectivity index (χ4n) is 3.51. The Labute approximate surface area is 156 Å². The molecule has 1 heterocycles. The number of benzene rings is 1. The molecule has 3 rings (SSSR count). The zero-order valence-electron chi connectivity index (χ0n) is 15.3. The number of amides is 4. The Morgan fingerprint density at radius 1 is 1.07 bits per heavy atom. The number of carbonyl (C=O) groups is 3. The molecular formula is C19H22N2O6. The third-order valence-corrected chi connectivity index (χ3v) is 4.89. The van der Waals surface area contributed by atoms with Gasteiger partial charge in [-0.15, -0.1) is 0 Å². The monoisotopic (exact) mass is 374 g/mol. The molecule has 1 aromatic carbocycles. The number of phenols is 1. The Hall–Kier alpha value is -3.03. The van der Waals surface area contributed by atoms with Crippen LogP contribution in [0.4, 0.5) is 4.79 Å². The van der Waals surface area contributed by atoms with Gasteiger partial charge in [-0.25, -0.2) is 4.79 Å². The number of aromatic hydroxyl groups is 1. The molecule has 2 N–H and O–H groups in total. The molecule has 2 fully saturated rings. The van der Waals surface area contributed by atoms with E-state index in [0.29, 0.717) is 5.56 Å². The minimum Gasteiger partial charge on any atom is -0.502 e. The van der Waals surface area contributed by atoms with Crippen LogP contribution in [-0.2, 0) is 9.59 Å². The van der Waals surface area contributed by atoms with Gasteiger partial charge in [-0.3, -0.25) is 19.8 Å². The first kappa shape index (κ1) is 18.8. The Kier molecular flexibility index (Phi) is 5.34. The number of barbiturate groups is 1. The van der Waals surface area contributed by atoms with E-state index in [-0.39, 0.29) is 28.9 Å². The van der Waals surface area contributed by atoms with Crippen LogP contribution in [0, 0.1) is 0 Å². The van der Waals surface area contributed by atoms with Crippen molar-refractivity contribution in [3.8, 4) is 17.2 Å². The summed E-state index contributed by atoms with van der Waals surface area (Å²) in [5.41, 5.74) is 0.285. The van der Waals surface area contributed by atoms with Gasteiger partial charge in [0.25, 0.3) is 11.8 Å². The Morgan fingerprint density at radius 3 is 2.22 bits per heavy atom. The van der Waals surface area contributed by atoms with Gasteiger partial charge < -0.3 is 14.6 Å². The average molecular weight is 374 g/mol. The van der Waals surface area contributed by atoms with Crippen LogP contribution >= 0.6 is 0 Å². The molecule has 0 radical (unpaired) electrons. The number of methoxy groups -OCH3 is 2. The van der Waals surface area contributed by atoms with E-state index in [1.807, 2.05) is 0 Å². The lowest BCUT2D eigenvalue weighted by Crippen LogP contribution is -2.58. The van der Waals surface area contributed by atoms with E-state index < -0.39 is 17.8 Å². The number of hydrogen-bond donors (Lipinski definition) is 2. The lowest BCUT2D eigenvalue weighted by atomic mass is 9.93. The van der Waals surface area contributed by atoms with Crippen LogP contribution in [0.15, 0.2) is 17.7 Å². The topological polar surface area (TPSA) is 105 Å². The van der Waals surface area contributed by atoms with Crippen LogP contribution in [0.3, 0.4) is 0 Å². The first-order chi connectivity index (χ1) is 13.0. The normalized spacial score (nSPS) is 20.0. The zero-order valence-corrected chi connectivity index (χ0v) is 15.3. The molecule has 1 aliphatic heterocycles. The summed E-state index contributed by atoms with van der Waals surface area (Å²) in [5, 5.41) is 12.2. The third kappa shape index (κ3) is 3.60. The second-order valence-electron chi connectivity index (χ2n) is 6.56. The van der Waals surface area contributed by atoms with Crippen molar-refractivity contribution in [1.29, 1.82) is 0 Å². The van der Waals surface area contributed by atoms with Crippen molar-refractivity contribution >= 4 is 23.9 Å². The second kappa shape index (κ2) is 7.69. The number of hydrogen-bond acceptors (Lipinski definition) is 6. The van der Waals surface area contributed by atoms with Gasteiger partial charge in [0.05, 0.1) is 14.2 Å². The highest BCUT2D eigenvalue weighted by Crippen LogP contribution is 2.38. The first-order valence-electron chi connectivity index (χ1n) is 8.81.